The van der Waals surface area contributed by atoms with E-state index in [1.54, 1.807) is 4.68 Å². The van der Waals surface area contributed by atoms with Gasteiger partial charge in [0.1, 0.15) is 0 Å². The first-order valence-corrected chi connectivity index (χ1v) is 8.92. The Balaban J connectivity index is 1.68. The highest BCUT2D eigenvalue weighted by molar-refractivity contribution is 5.93. The maximum Gasteiger partial charge on any atom is 0.238 e. The largest absolute Gasteiger partial charge is 0.322 e. The Morgan fingerprint density at radius 2 is 1.89 bits per heavy atom. The predicted octanol–water partition coefficient (Wildman–Crippen LogP) is 2.60. The summed E-state index contributed by atoms with van der Waals surface area (Å²) in [6.45, 7) is 6.89. The van der Waals surface area contributed by atoms with E-state index in [1.165, 1.54) is 5.56 Å². The first kappa shape index (κ1) is 18.8. The number of anilines is 1. The fourth-order valence-electron chi connectivity index (χ4n) is 3.11. The highest BCUT2D eigenvalue weighted by Crippen LogP contribution is 2.23. The van der Waals surface area contributed by atoms with E-state index in [0.29, 0.717) is 13.1 Å². The standard InChI is InChI=1S/C20H26N6O/c1-14-6-8-18(9-7-14)26-16(3)20(15(2)23-26)22-19(27)13-24(4)11-17-10-21-25(5)12-17/h6-10,12H,11,13H2,1-5H3,(H,22,27). The molecule has 2 heterocycles. The van der Waals surface area contributed by atoms with Gasteiger partial charge in [-0.2, -0.15) is 10.2 Å². The molecule has 0 radical (unpaired) electrons. The molecule has 0 unspecified atom stereocenters. The summed E-state index contributed by atoms with van der Waals surface area (Å²) in [7, 11) is 3.80. The van der Waals surface area contributed by atoms with Gasteiger partial charge >= 0.3 is 0 Å². The van der Waals surface area contributed by atoms with Crippen LogP contribution in [-0.2, 0) is 18.4 Å². The summed E-state index contributed by atoms with van der Waals surface area (Å²) in [5.74, 6) is -0.0592. The number of likely N-dealkylation sites (N-methyl/N-ethyl adjacent to an activating group) is 1. The van der Waals surface area contributed by atoms with Gasteiger partial charge in [0, 0.05) is 25.4 Å². The molecule has 27 heavy (non-hydrogen) atoms. The molecule has 0 saturated heterocycles. The van der Waals surface area contributed by atoms with Gasteiger partial charge in [-0.15, -0.1) is 0 Å². The maximum absolute atomic E-state index is 12.5. The van der Waals surface area contributed by atoms with Crippen LogP contribution < -0.4 is 5.32 Å². The van der Waals surface area contributed by atoms with Crippen molar-refractivity contribution >= 4 is 11.6 Å². The molecule has 142 valence electrons. The van der Waals surface area contributed by atoms with Crippen LogP contribution in [0.1, 0.15) is 22.5 Å². The van der Waals surface area contributed by atoms with Crippen LogP contribution in [0, 0.1) is 20.8 Å². The molecule has 0 saturated carbocycles. The molecule has 0 bridgehead atoms. The van der Waals surface area contributed by atoms with Crippen LogP contribution >= 0.6 is 0 Å². The Labute approximate surface area is 159 Å². The average molecular weight is 366 g/mol. The van der Waals surface area contributed by atoms with Crippen molar-refractivity contribution in [3.8, 4) is 5.69 Å². The van der Waals surface area contributed by atoms with Gasteiger partial charge in [0.25, 0.3) is 0 Å². The van der Waals surface area contributed by atoms with Crippen molar-refractivity contribution in [3.05, 3.63) is 59.2 Å². The van der Waals surface area contributed by atoms with E-state index in [1.807, 2.05) is 62.1 Å². The summed E-state index contributed by atoms with van der Waals surface area (Å²) in [5.41, 5.74) is 5.75. The Kier molecular flexibility index (Phi) is 5.41. The number of carbonyl (C=O) groups excluding carboxylic acids is 1. The average Bonchev–Trinajstić information content (AvgIpc) is 3.13. The van der Waals surface area contributed by atoms with Crippen LogP contribution in [0.3, 0.4) is 0 Å². The molecule has 3 aromatic rings. The second kappa shape index (κ2) is 7.75. The van der Waals surface area contributed by atoms with Crippen molar-refractivity contribution in [1.29, 1.82) is 0 Å². The zero-order valence-corrected chi connectivity index (χ0v) is 16.5. The summed E-state index contributed by atoms with van der Waals surface area (Å²) >= 11 is 0. The molecule has 0 fully saturated rings. The maximum atomic E-state index is 12.5. The highest BCUT2D eigenvalue weighted by atomic mass is 16.2. The van der Waals surface area contributed by atoms with Crippen LogP contribution in [0.5, 0.6) is 0 Å². The third kappa shape index (κ3) is 4.43. The number of aromatic nitrogens is 4. The molecule has 3 rings (SSSR count). The lowest BCUT2D eigenvalue weighted by Gasteiger charge is -2.15. The monoisotopic (exact) mass is 366 g/mol. The molecule has 0 aliphatic heterocycles. The number of rotatable bonds is 6. The van der Waals surface area contributed by atoms with Crippen LogP contribution in [0.2, 0.25) is 0 Å². The number of amides is 1. The lowest BCUT2D eigenvalue weighted by atomic mass is 10.2. The van der Waals surface area contributed by atoms with Gasteiger partial charge in [0.2, 0.25) is 5.91 Å². The SMILES string of the molecule is Cc1ccc(-n2nc(C)c(NC(=O)CN(C)Cc3cnn(C)c3)c2C)cc1. The lowest BCUT2D eigenvalue weighted by Crippen LogP contribution is -2.30. The fourth-order valence-corrected chi connectivity index (χ4v) is 3.11. The van der Waals surface area contributed by atoms with Gasteiger partial charge in [-0.25, -0.2) is 4.68 Å². The summed E-state index contributed by atoms with van der Waals surface area (Å²) in [4.78, 5) is 14.5. The summed E-state index contributed by atoms with van der Waals surface area (Å²) in [6.07, 6.45) is 3.77. The number of nitrogens with zero attached hydrogens (tertiary/aromatic N) is 5. The zero-order valence-electron chi connectivity index (χ0n) is 16.5. The van der Waals surface area contributed by atoms with E-state index >= 15 is 0 Å². The molecule has 2 aromatic heterocycles. The second-order valence-electron chi connectivity index (χ2n) is 7.04. The minimum atomic E-state index is -0.0592. The lowest BCUT2D eigenvalue weighted by molar-refractivity contribution is -0.117. The Morgan fingerprint density at radius 1 is 1.19 bits per heavy atom. The quantitative estimate of drug-likeness (QED) is 0.728. The van der Waals surface area contributed by atoms with Gasteiger partial charge < -0.3 is 5.32 Å². The van der Waals surface area contributed by atoms with Crippen LogP contribution in [0.25, 0.3) is 5.69 Å². The van der Waals surface area contributed by atoms with Crippen molar-refractivity contribution in [2.75, 3.05) is 18.9 Å². The zero-order chi connectivity index (χ0) is 19.6. The third-order valence-corrected chi connectivity index (χ3v) is 4.46. The third-order valence-electron chi connectivity index (χ3n) is 4.46. The van der Waals surface area contributed by atoms with Crippen molar-refractivity contribution < 1.29 is 4.79 Å². The van der Waals surface area contributed by atoms with E-state index in [2.05, 4.69) is 34.6 Å². The Hall–Kier alpha value is -2.93. The van der Waals surface area contributed by atoms with Crippen LogP contribution in [-0.4, -0.2) is 44.0 Å². The Bertz CT molecular complexity index is 938. The topological polar surface area (TPSA) is 68.0 Å². The predicted molar refractivity (Wildman–Crippen MR) is 106 cm³/mol. The summed E-state index contributed by atoms with van der Waals surface area (Å²) < 4.78 is 3.62. The van der Waals surface area contributed by atoms with Crippen LogP contribution in [0.4, 0.5) is 5.69 Å². The van der Waals surface area contributed by atoms with Gasteiger partial charge in [-0.05, 0) is 40.0 Å². The summed E-state index contributed by atoms with van der Waals surface area (Å²) in [5, 5.41) is 11.8. The normalized spacial score (nSPS) is 11.2. The number of aryl methyl sites for hydroxylation is 3. The van der Waals surface area contributed by atoms with Crippen molar-refractivity contribution in [2.24, 2.45) is 7.05 Å². The van der Waals surface area contributed by atoms with Gasteiger partial charge in [-0.3, -0.25) is 14.4 Å². The molecule has 7 nitrogen and oxygen atoms in total. The number of hydrogen-bond donors (Lipinski definition) is 1. The van der Waals surface area contributed by atoms with E-state index in [0.717, 1.165) is 28.3 Å². The van der Waals surface area contributed by atoms with E-state index in [4.69, 9.17) is 0 Å². The fraction of sp³-hybridized carbons (Fsp3) is 0.350. The van der Waals surface area contributed by atoms with E-state index in [9.17, 15) is 4.79 Å². The Morgan fingerprint density at radius 3 is 2.52 bits per heavy atom. The number of hydrogen-bond acceptors (Lipinski definition) is 4. The number of nitrogens with one attached hydrogen (secondary N) is 1. The van der Waals surface area contributed by atoms with E-state index in [-0.39, 0.29) is 5.91 Å². The van der Waals surface area contributed by atoms with Gasteiger partial charge in [-0.1, -0.05) is 17.7 Å². The van der Waals surface area contributed by atoms with Gasteiger partial charge in [0.15, 0.2) is 0 Å². The molecule has 0 spiro atoms. The first-order valence-electron chi connectivity index (χ1n) is 8.92. The van der Waals surface area contributed by atoms with Crippen molar-refractivity contribution in [2.45, 2.75) is 27.3 Å². The van der Waals surface area contributed by atoms with Gasteiger partial charge in [0.05, 0.1) is 35.5 Å². The molecular weight excluding hydrogens is 340 g/mol. The molecular formula is C20H26N6O. The molecule has 1 aromatic carbocycles. The first-order chi connectivity index (χ1) is 12.8. The molecule has 0 atom stereocenters. The molecule has 1 amide bonds. The molecule has 0 aliphatic rings. The number of benzene rings is 1. The van der Waals surface area contributed by atoms with E-state index < -0.39 is 0 Å². The summed E-state index contributed by atoms with van der Waals surface area (Å²) in [6, 6.07) is 8.17. The van der Waals surface area contributed by atoms with Crippen LogP contribution in [0.15, 0.2) is 36.7 Å². The minimum absolute atomic E-state index is 0.0592. The van der Waals surface area contributed by atoms with Crippen molar-refractivity contribution in [3.63, 3.8) is 0 Å². The highest BCUT2D eigenvalue weighted by Gasteiger charge is 2.16. The molecule has 0 aliphatic carbocycles. The molecule has 7 heteroatoms. The smallest absolute Gasteiger partial charge is 0.238 e. The minimum Gasteiger partial charge on any atom is -0.322 e. The molecule has 1 N–H and O–H groups in total. The second-order valence-corrected chi connectivity index (χ2v) is 7.04. The van der Waals surface area contributed by atoms with Crippen molar-refractivity contribution in [1.82, 2.24) is 24.5 Å². The number of carbonyl (C=O) groups is 1.